The number of hydrogen-bond acceptors (Lipinski definition) is 4. The molecule has 0 bridgehead atoms. The third-order valence-electron chi connectivity index (χ3n) is 3.33. The van der Waals surface area contributed by atoms with Gasteiger partial charge in [-0.05, 0) is 48.5 Å². The van der Waals surface area contributed by atoms with Gasteiger partial charge in [-0.15, -0.1) is 11.3 Å². The predicted octanol–water partition coefficient (Wildman–Crippen LogP) is 1.98. The molecule has 0 aliphatic carbocycles. The Morgan fingerprint density at radius 1 is 1.24 bits per heavy atom. The number of nitrogens with zero attached hydrogens (tertiary/aromatic N) is 1. The lowest BCUT2D eigenvalue weighted by atomic mass is 9.79. The molecular weight excluding hydrogens is 288 g/mol. The SMILES string of the molecule is CC(C)N(Cc1cc(F)cc(B(O)O)c1)Cc1cccs1. The van der Waals surface area contributed by atoms with Gasteiger partial charge in [-0.3, -0.25) is 4.90 Å². The highest BCUT2D eigenvalue weighted by atomic mass is 32.1. The van der Waals surface area contributed by atoms with E-state index in [0.29, 0.717) is 12.6 Å². The van der Waals surface area contributed by atoms with Gasteiger partial charge in [-0.2, -0.15) is 0 Å². The zero-order valence-corrected chi connectivity index (χ0v) is 13.0. The largest absolute Gasteiger partial charge is 0.488 e. The highest BCUT2D eigenvalue weighted by Crippen LogP contribution is 2.17. The Hall–Kier alpha value is -1.21. The normalized spacial score (nSPS) is 11.4. The van der Waals surface area contributed by atoms with Gasteiger partial charge < -0.3 is 10.0 Å². The van der Waals surface area contributed by atoms with Crippen LogP contribution in [0.3, 0.4) is 0 Å². The fraction of sp³-hybridized carbons (Fsp3) is 0.333. The third-order valence-corrected chi connectivity index (χ3v) is 4.19. The number of rotatable bonds is 6. The molecule has 0 radical (unpaired) electrons. The van der Waals surface area contributed by atoms with Gasteiger partial charge in [0, 0.05) is 24.0 Å². The van der Waals surface area contributed by atoms with Crippen LogP contribution in [0.25, 0.3) is 0 Å². The first-order chi connectivity index (χ1) is 9.95. The number of benzene rings is 1. The van der Waals surface area contributed by atoms with Crippen LogP contribution in [0.15, 0.2) is 35.7 Å². The summed E-state index contributed by atoms with van der Waals surface area (Å²) < 4.78 is 13.6. The van der Waals surface area contributed by atoms with E-state index < -0.39 is 12.9 Å². The zero-order chi connectivity index (χ0) is 15.4. The Kier molecular flexibility index (Phi) is 5.53. The maximum atomic E-state index is 13.6. The molecule has 0 saturated heterocycles. The van der Waals surface area contributed by atoms with Crippen LogP contribution in [0.5, 0.6) is 0 Å². The lowest BCUT2D eigenvalue weighted by Crippen LogP contribution is -2.33. The van der Waals surface area contributed by atoms with Crippen molar-refractivity contribution in [3.63, 3.8) is 0 Å². The molecule has 0 unspecified atom stereocenters. The Balaban J connectivity index is 2.16. The second-order valence-electron chi connectivity index (χ2n) is 5.34. The Morgan fingerprint density at radius 3 is 2.57 bits per heavy atom. The van der Waals surface area contributed by atoms with Gasteiger partial charge in [0.1, 0.15) is 5.82 Å². The van der Waals surface area contributed by atoms with Crippen molar-refractivity contribution in [2.75, 3.05) is 0 Å². The van der Waals surface area contributed by atoms with Crippen LogP contribution in [-0.4, -0.2) is 28.1 Å². The Bertz CT molecular complexity index is 575. The molecule has 112 valence electrons. The minimum Gasteiger partial charge on any atom is -0.423 e. The maximum Gasteiger partial charge on any atom is 0.488 e. The summed E-state index contributed by atoms with van der Waals surface area (Å²) in [6.07, 6.45) is 0. The molecule has 0 aliphatic heterocycles. The van der Waals surface area contributed by atoms with Crippen molar-refractivity contribution in [2.45, 2.75) is 33.0 Å². The summed E-state index contributed by atoms with van der Waals surface area (Å²) in [5.74, 6) is -0.449. The summed E-state index contributed by atoms with van der Waals surface area (Å²) in [6, 6.07) is 8.62. The van der Waals surface area contributed by atoms with E-state index in [1.165, 1.54) is 10.9 Å². The number of halogens is 1. The molecule has 2 N–H and O–H groups in total. The van der Waals surface area contributed by atoms with Gasteiger partial charge in [0.15, 0.2) is 0 Å². The smallest absolute Gasteiger partial charge is 0.423 e. The predicted molar refractivity (Wildman–Crippen MR) is 84.9 cm³/mol. The molecule has 0 saturated carbocycles. The standard InChI is InChI=1S/C15H19BFNO2S/c1-11(2)18(10-15-4-3-5-21-15)9-12-6-13(16(19)20)8-14(17)7-12/h3-8,11,19-20H,9-10H2,1-2H3. The highest BCUT2D eigenvalue weighted by molar-refractivity contribution is 7.09. The van der Waals surface area contributed by atoms with Gasteiger partial charge in [0.2, 0.25) is 0 Å². The van der Waals surface area contributed by atoms with Crippen molar-refractivity contribution in [1.29, 1.82) is 0 Å². The molecule has 1 aromatic carbocycles. The van der Waals surface area contributed by atoms with E-state index in [4.69, 9.17) is 0 Å². The van der Waals surface area contributed by atoms with Gasteiger partial charge in [0.05, 0.1) is 0 Å². The molecule has 1 aromatic heterocycles. The fourth-order valence-electron chi connectivity index (χ4n) is 2.17. The molecule has 2 aromatic rings. The number of thiophene rings is 1. The van der Waals surface area contributed by atoms with Crippen molar-refractivity contribution < 1.29 is 14.4 Å². The van der Waals surface area contributed by atoms with Gasteiger partial charge >= 0.3 is 7.12 Å². The first kappa shape index (κ1) is 16.2. The van der Waals surface area contributed by atoms with Gasteiger partial charge in [0.25, 0.3) is 0 Å². The average molecular weight is 307 g/mol. The second-order valence-corrected chi connectivity index (χ2v) is 6.38. The van der Waals surface area contributed by atoms with Gasteiger partial charge in [-0.25, -0.2) is 4.39 Å². The van der Waals surface area contributed by atoms with Crippen LogP contribution in [-0.2, 0) is 13.1 Å². The number of hydrogen-bond donors (Lipinski definition) is 2. The Morgan fingerprint density at radius 2 is 2.00 bits per heavy atom. The van der Waals surface area contributed by atoms with Crippen molar-refractivity contribution in [1.82, 2.24) is 4.90 Å². The molecule has 0 atom stereocenters. The van der Waals surface area contributed by atoms with Gasteiger partial charge in [-0.1, -0.05) is 12.1 Å². The van der Waals surface area contributed by atoms with Crippen molar-refractivity contribution in [3.05, 3.63) is 52.0 Å². The molecule has 0 fully saturated rings. The van der Waals surface area contributed by atoms with Crippen molar-refractivity contribution in [3.8, 4) is 0 Å². The van der Waals surface area contributed by atoms with Crippen LogP contribution in [0, 0.1) is 5.82 Å². The summed E-state index contributed by atoms with van der Waals surface area (Å²) in [4.78, 5) is 3.47. The van der Waals surface area contributed by atoms with E-state index >= 15 is 0 Å². The summed E-state index contributed by atoms with van der Waals surface area (Å²) >= 11 is 1.69. The average Bonchev–Trinajstić information content (AvgIpc) is 2.90. The summed E-state index contributed by atoms with van der Waals surface area (Å²) in [5, 5.41) is 20.4. The van der Waals surface area contributed by atoms with E-state index in [9.17, 15) is 14.4 Å². The lowest BCUT2D eigenvalue weighted by molar-refractivity contribution is 0.205. The Labute approximate surface area is 128 Å². The first-order valence-corrected chi connectivity index (χ1v) is 7.75. The van der Waals surface area contributed by atoms with Crippen LogP contribution in [0.1, 0.15) is 24.3 Å². The third kappa shape index (κ3) is 4.64. The van der Waals surface area contributed by atoms with E-state index in [0.717, 1.165) is 18.2 Å². The first-order valence-electron chi connectivity index (χ1n) is 6.87. The zero-order valence-electron chi connectivity index (χ0n) is 12.2. The summed E-state index contributed by atoms with van der Waals surface area (Å²) in [7, 11) is -1.65. The topological polar surface area (TPSA) is 43.7 Å². The molecule has 1 heterocycles. The molecule has 0 aliphatic rings. The minimum atomic E-state index is -1.65. The van der Waals surface area contributed by atoms with Crippen LogP contribution in [0.2, 0.25) is 0 Å². The minimum absolute atomic E-state index is 0.185. The molecule has 6 heteroatoms. The van der Waals surface area contributed by atoms with E-state index in [2.05, 4.69) is 24.8 Å². The molecular formula is C15H19BFNO2S. The summed E-state index contributed by atoms with van der Waals surface area (Å²) in [5.41, 5.74) is 0.924. The summed E-state index contributed by atoms with van der Waals surface area (Å²) in [6.45, 7) is 5.54. The van der Waals surface area contributed by atoms with Crippen molar-refractivity contribution >= 4 is 23.9 Å². The molecule has 0 amide bonds. The van der Waals surface area contributed by atoms with E-state index in [1.54, 1.807) is 17.4 Å². The molecule has 0 spiro atoms. The van der Waals surface area contributed by atoms with Crippen LogP contribution in [0.4, 0.5) is 4.39 Å². The molecule has 2 rings (SSSR count). The second kappa shape index (κ2) is 7.18. The van der Waals surface area contributed by atoms with Crippen molar-refractivity contribution in [2.24, 2.45) is 0 Å². The highest BCUT2D eigenvalue weighted by Gasteiger charge is 2.16. The van der Waals surface area contributed by atoms with E-state index in [-0.39, 0.29) is 5.46 Å². The monoisotopic (exact) mass is 307 g/mol. The molecule has 21 heavy (non-hydrogen) atoms. The van der Waals surface area contributed by atoms with E-state index in [1.807, 2.05) is 11.4 Å². The van der Waals surface area contributed by atoms with Crippen LogP contribution < -0.4 is 5.46 Å². The lowest BCUT2D eigenvalue weighted by Gasteiger charge is -2.26. The maximum absolute atomic E-state index is 13.6. The molecule has 3 nitrogen and oxygen atoms in total. The quantitative estimate of drug-likeness (QED) is 0.802. The van der Waals surface area contributed by atoms with Crippen LogP contribution >= 0.6 is 11.3 Å². The fourth-order valence-corrected chi connectivity index (χ4v) is 2.90.